The van der Waals surface area contributed by atoms with Crippen LogP contribution < -0.4 is 5.32 Å². The molecule has 1 N–H and O–H groups in total. The van der Waals surface area contributed by atoms with Crippen molar-refractivity contribution < 1.29 is 14.3 Å². The minimum absolute atomic E-state index is 0.335. The van der Waals surface area contributed by atoms with Crippen LogP contribution in [0.2, 0.25) is 5.02 Å². The van der Waals surface area contributed by atoms with Crippen LogP contribution in [-0.4, -0.2) is 18.0 Å². The Labute approximate surface area is 105 Å². The monoisotopic (exact) mass is 255 g/mol. The van der Waals surface area contributed by atoms with Gasteiger partial charge in [0.15, 0.2) is 6.29 Å². The second-order valence-corrected chi connectivity index (χ2v) is 4.91. The molecule has 0 aliphatic rings. The van der Waals surface area contributed by atoms with E-state index >= 15 is 0 Å². The molecule has 0 heterocycles. The van der Waals surface area contributed by atoms with E-state index in [0.29, 0.717) is 22.6 Å². The molecule has 0 bridgehead atoms. The highest BCUT2D eigenvalue weighted by atomic mass is 35.5. The Morgan fingerprint density at radius 1 is 1.41 bits per heavy atom. The van der Waals surface area contributed by atoms with Crippen molar-refractivity contribution in [2.75, 3.05) is 5.32 Å². The van der Waals surface area contributed by atoms with Gasteiger partial charge in [0.2, 0.25) is 0 Å². The van der Waals surface area contributed by atoms with Gasteiger partial charge >= 0.3 is 6.09 Å². The number of amides is 1. The molecule has 0 aliphatic carbocycles. The van der Waals surface area contributed by atoms with Gasteiger partial charge in [0.05, 0.1) is 5.69 Å². The van der Waals surface area contributed by atoms with Gasteiger partial charge in [-0.25, -0.2) is 4.79 Å². The molecule has 92 valence electrons. The molecular weight excluding hydrogens is 242 g/mol. The van der Waals surface area contributed by atoms with Crippen LogP contribution in [0.1, 0.15) is 31.1 Å². The maximum Gasteiger partial charge on any atom is 0.412 e. The maximum absolute atomic E-state index is 11.5. The van der Waals surface area contributed by atoms with Crippen molar-refractivity contribution in [1.29, 1.82) is 0 Å². The number of hydrogen-bond acceptors (Lipinski definition) is 3. The lowest BCUT2D eigenvalue weighted by Crippen LogP contribution is -2.27. The second kappa shape index (κ2) is 5.19. The van der Waals surface area contributed by atoms with Crippen LogP contribution in [0.4, 0.5) is 10.5 Å². The average Bonchev–Trinajstić information content (AvgIpc) is 2.14. The number of nitrogens with one attached hydrogen (secondary N) is 1. The number of ether oxygens (including phenoxy) is 1. The zero-order chi connectivity index (χ0) is 13.1. The van der Waals surface area contributed by atoms with Crippen molar-refractivity contribution in [1.82, 2.24) is 0 Å². The third-order valence-electron chi connectivity index (χ3n) is 1.78. The van der Waals surface area contributed by atoms with Crippen LogP contribution in [0.25, 0.3) is 0 Å². The molecule has 1 rings (SSSR count). The molecule has 0 saturated heterocycles. The highest BCUT2D eigenvalue weighted by Crippen LogP contribution is 2.20. The number of benzene rings is 1. The Morgan fingerprint density at radius 3 is 2.59 bits per heavy atom. The molecule has 0 aliphatic heterocycles. The molecule has 1 aromatic carbocycles. The normalized spacial score (nSPS) is 10.8. The molecule has 4 nitrogen and oxygen atoms in total. The first-order valence-corrected chi connectivity index (χ1v) is 5.44. The number of carbonyl (C=O) groups excluding carboxylic acids is 2. The molecule has 1 amide bonds. The van der Waals surface area contributed by atoms with Crippen molar-refractivity contribution >= 4 is 29.7 Å². The van der Waals surface area contributed by atoms with Crippen LogP contribution in [-0.2, 0) is 4.74 Å². The zero-order valence-corrected chi connectivity index (χ0v) is 10.7. The van der Waals surface area contributed by atoms with Crippen molar-refractivity contribution in [2.45, 2.75) is 26.4 Å². The van der Waals surface area contributed by atoms with Crippen molar-refractivity contribution in [3.05, 3.63) is 28.8 Å². The first-order valence-electron chi connectivity index (χ1n) is 5.06. The third-order valence-corrected chi connectivity index (χ3v) is 2.01. The Bertz CT molecular complexity index is 438. The highest BCUT2D eigenvalue weighted by molar-refractivity contribution is 6.31. The highest BCUT2D eigenvalue weighted by Gasteiger charge is 2.17. The zero-order valence-electron chi connectivity index (χ0n) is 9.91. The van der Waals surface area contributed by atoms with Gasteiger partial charge < -0.3 is 4.74 Å². The van der Waals surface area contributed by atoms with Gasteiger partial charge in [0.1, 0.15) is 5.60 Å². The van der Waals surface area contributed by atoms with Gasteiger partial charge in [-0.3, -0.25) is 10.1 Å². The average molecular weight is 256 g/mol. The summed E-state index contributed by atoms with van der Waals surface area (Å²) in [6, 6.07) is 4.60. The molecule has 1 aromatic rings. The van der Waals surface area contributed by atoms with Crippen LogP contribution in [0, 0.1) is 0 Å². The minimum atomic E-state index is -0.622. The first kappa shape index (κ1) is 13.5. The second-order valence-electron chi connectivity index (χ2n) is 4.48. The quantitative estimate of drug-likeness (QED) is 0.823. The largest absolute Gasteiger partial charge is 0.444 e. The van der Waals surface area contributed by atoms with E-state index in [1.165, 1.54) is 12.1 Å². The van der Waals surface area contributed by atoms with E-state index in [1.54, 1.807) is 26.8 Å². The van der Waals surface area contributed by atoms with Gasteiger partial charge in [0, 0.05) is 10.6 Å². The standard InChI is InChI=1S/C12H14ClNO3/c1-12(2,3)17-11(16)14-10-6-9(13)5-4-8(10)7-15/h4-7H,1-3H3,(H,14,16). The molecule has 0 spiro atoms. The van der Waals surface area contributed by atoms with E-state index in [-0.39, 0.29) is 0 Å². The lowest BCUT2D eigenvalue weighted by molar-refractivity contribution is 0.0636. The predicted molar refractivity (Wildman–Crippen MR) is 66.7 cm³/mol. The number of anilines is 1. The van der Waals surface area contributed by atoms with Crippen LogP contribution >= 0.6 is 11.6 Å². The molecule has 0 fully saturated rings. The SMILES string of the molecule is CC(C)(C)OC(=O)Nc1cc(Cl)ccc1C=O. The summed E-state index contributed by atoms with van der Waals surface area (Å²) < 4.78 is 5.07. The summed E-state index contributed by atoms with van der Waals surface area (Å²) in [6.07, 6.45) is 0.0195. The van der Waals surface area contributed by atoms with Crippen molar-refractivity contribution in [3.8, 4) is 0 Å². The first-order chi connectivity index (χ1) is 7.81. The fraction of sp³-hybridized carbons (Fsp3) is 0.333. The summed E-state index contributed by atoms with van der Waals surface area (Å²) in [5.74, 6) is 0. The lowest BCUT2D eigenvalue weighted by atomic mass is 10.2. The van der Waals surface area contributed by atoms with E-state index in [0.717, 1.165) is 0 Å². The molecular formula is C12H14ClNO3. The minimum Gasteiger partial charge on any atom is -0.444 e. The Kier molecular flexibility index (Phi) is 4.12. The molecule has 0 unspecified atom stereocenters. The maximum atomic E-state index is 11.5. The van der Waals surface area contributed by atoms with E-state index in [1.807, 2.05) is 0 Å². The van der Waals surface area contributed by atoms with Crippen molar-refractivity contribution in [3.63, 3.8) is 0 Å². The van der Waals surface area contributed by atoms with E-state index < -0.39 is 11.7 Å². The molecule has 0 saturated carbocycles. The van der Waals surface area contributed by atoms with Crippen LogP contribution in [0.5, 0.6) is 0 Å². The van der Waals surface area contributed by atoms with Crippen LogP contribution in [0.3, 0.4) is 0 Å². The summed E-state index contributed by atoms with van der Waals surface area (Å²) in [5.41, 5.74) is 0.0892. The Hall–Kier alpha value is -1.55. The molecule has 17 heavy (non-hydrogen) atoms. The summed E-state index contributed by atoms with van der Waals surface area (Å²) in [4.78, 5) is 22.3. The number of rotatable bonds is 2. The summed E-state index contributed by atoms with van der Waals surface area (Å²) in [7, 11) is 0. The molecule has 0 atom stereocenters. The van der Waals surface area contributed by atoms with Gasteiger partial charge in [-0.2, -0.15) is 0 Å². The smallest absolute Gasteiger partial charge is 0.412 e. The van der Waals surface area contributed by atoms with Crippen molar-refractivity contribution in [2.24, 2.45) is 0 Å². The van der Waals surface area contributed by atoms with Gasteiger partial charge in [0.25, 0.3) is 0 Å². The van der Waals surface area contributed by atoms with Gasteiger partial charge in [-0.1, -0.05) is 11.6 Å². The summed E-state index contributed by atoms with van der Waals surface area (Å²) >= 11 is 5.78. The number of aldehydes is 1. The summed E-state index contributed by atoms with van der Waals surface area (Å²) in [6.45, 7) is 5.27. The number of halogens is 1. The molecule has 0 radical (unpaired) electrons. The van der Waals surface area contributed by atoms with Gasteiger partial charge in [-0.05, 0) is 39.0 Å². The van der Waals surface area contributed by atoms with Crippen LogP contribution in [0.15, 0.2) is 18.2 Å². The summed E-state index contributed by atoms with van der Waals surface area (Å²) in [5, 5.41) is 2.91. The number of carbonyl (C=O) groups is 2. The van der Waals surface area contributed by atoms with E-state index in [2.05, 4.69) is 5.32 Å². The van der Waals surface area contributed by atoms with E-state index in [9.17, 15) is 9.59 Å². The molecule has 5 heteroatoms. The van der Waals surface area contributed by atoms with Gasteiger partial charge in [-0.15, -0.1) is 0 Å². The fourth-order valence-electron chi connectivity index (χ4n) is 1.15. The molecule has 0 aromatic heterocycles. The van der Waals surface area contributed by atoms with E-state index in [4.69, 9.17) is 16.3 Å². The Balaban J connectivity index is 2.84. The Morgan fingerprint density at radius 2 is 2.06 bits per heavy atom. The fourth-order valence-corrected chi connectivity index (χ4v) is 1.33. The number of hydrogen-bond donors (Lipinski definition) is 1. The third kappa shape index (κ3) is 4.44. The predicted octanol–water partition coefficient (Wildman–Crippen LogP) is 3.50. The lowest BCUT2D eigenvalue weighted by Gasteiger charge is -2.20. The topological polar surface area (TPSA) is 55.4 Å².